The fourth-order valence-electron chi connectivity index (χ4n) is 2.52. The number of hydrogen-bond acceptors (Lipinski definition) is 5. The summed E-state index contributed by atoms with van der Waals surface area (Å²) in [6, 6.07) is 11.1. The van der Waals surface area contributed by atoms with Crippen LogP contribution in [0.4, 0.5) is 0 Å². The van der Waals surface area contributed by atoms with Crippen molar-refractivity contribution < 1.29 is 19.1 Å². The number of hydrogen-bond donors (Lipinski definition) is 0. The number of benzene rings is 2. The van der Waals surface area contributed by atoms with Gasteiger partial charge < -0.3 is 9.94 Å². The zero-order valence-electron chi connectivity index (χ0n) is 14.2. The Labute approximate surface area is 164 Å². The minimum absolute atomic E-state index is 0.0477. The third-order valence-electron chi connectivity index (χ3n) is 3.88. The first-order valence-electron chi connectivity index (χ1n) is 8.09. The number of aromatic nitrogens is 2. The lowest BCUT2D eigenvalue weighted by Gasteiger charge is -2.12. The van der Waals surface area contributed by atoms with E-state index >= 15 is 0 Å². The molecule has 27 heavy (non-hydrogen) atoms. The summed E-state index contributed by atoms with van der Waals surface area (Å²) in [7, 11) is 0. The Hall–Kier alpha value is -2.70. The van der Waals surface area contributed by atoms with Gasteiger partial charge in [0, 0.05) is 18.1 Å². The topological polar surface area (TPSA) is 83.2 Å². The molecule has 2 aromatic carbocycles. The molecule has 3 rings (SSSR count). The van der Waals surface area contributed by atoms with Crippen LogP contribution >= 0.6 is 23.2 Å². The van der Waals surface area contributed by atoms with Gasteiger partial charge in [0.2, 0.25) is 5.52 Å². The monoisotopic (exact) mass is 404 g/mol. The quantitative estimate of drug-likeness (QED) is 0.279. The van der Waals surface area contributed by atoms with Crippen molar-refractivity contribution in [2.24, 2.45) is 0 Å². The highest BCUT2D eigenvalue weighted by atomic mass is 35.5. The van der Waals surface area contributed by atoms with Gasteiger partial charge in [-0.2, -0.15) is 4.73 Å². The standard InChI is InChI=1S/C19H14Cl2N2O4/c1-2-17(24)27-10-15-18(19(25)11-6-4-3-5-7-11)23(26)16-9-13(21)12(20)8-14(16)22-15/h3-9H,2,10H2,1H3. The van der Waals surface area contributed by atoms with Crippen molar-refractivity contribution in [3.05, 3.63) is 74.7 Å². The van der Waals surface area contributed by atoms with E-state index in [9.17, 15) is 14.8 Å². The van der Waals surface area contributed by atoms with Crippen LogP contribution in [0.3, 0.4) is 0 Å². The van der Waals surface area contributed by atoms with Gasteiger partial charge in [0.05, 0.1) is 10.0 Å². The fourth-order valence-corrected chi connectivity index (χ4v) is 2.83. The van der Waals surface area contributed by atoms with Gasteiger partial charge >= 0.3 is 5.97 Å². The number of fused-ring (bicyclic) bond motifs is 1. The molecule has 0 radical (unpaired) electrons. The predicted octanol–water partition coefficient (Wildman–Crippen LogP) is 3.86. The molecule has 0 spiro atoms. The Morgan fingerprint density at radius 3 is 2.48 bits per heavy atom. The van der Waals surface area contributed by atoms with Crippen LogP contribution in [0.2, 0.25) is 10.0 Å². The average molecular weight is 405 g/mol. The molecule has 0 atom stereocenters. The third-order valence-corrected chi connectivity index (χ3v) is 4.60. The fraction of sp³-hybridized carbons (Fsp3) is 0.158. The van der Waals surface area contributed by atoms with Gasteiger partial charge in [-0.3, -0.25) is 9.59 Å². The van der Waals surface area contributed by atoms with Gasteiger partial charge in [0.15, 0.2) is 5.69 Å². The van der Waals surface area contributed by atoms with Crippen LogP contribution in [0, 0.1) is 5.21 Å². The molecular weight excluding hydrogens is 391 g/mol. The van der Waals surface area contributed by atoms with Crippen molar-refractivity contribution in [3.63, 3.8) is 0 Å². The Bertz CT molecular complexity index is 1040. The molecule has 0 bridgehead atoms. The van der Waals surface area contributed by atoms with Gasteiger partial charge in [-0.05, 0) is 6.07 Å². The molecule has 0 N–H and O–H groups in total. The lowest BCUT2D eigenvalue weighted by atomic mass is 10.1. The zero-order valence-corrected chi connectivity index (χ0v) is 15.8. The van der Waals surface area contributed by atoms with E-state index in [1.165, 1.54) is 12.1 Å². The molecule has 1 aromatic heterocycles. The van der Waals surface area contributed by atoms with E-state index in [1.807, 2.05) is 0 Å². The maximum atomic E-state index is 13.0. The molecule has 138 valence electrons. The molecule has 8 heteroatoms. The molecular formula is C19H14Cl2N2O4. The molecule has 6 nitrogen and oxygen atoms in total. The molecule has 3 aromatic rings. The van der Waals surface area contributed by atoms with E-state index in [0.717, 1.165) is 0 Å². The number of ether oxygens (including phenoxy) is 1. The summed E-state index contributed by atoms with van der Waals surface area (Å²) in [5.74, 6) is -1.00. The van der Waals surface area contributed by atoms with Crippen molar-refractivity contribution in [1.29, 1.82) is 0 Å². The van der Waals surface area contributed by atoms with Crippen LogP contribution in [0.5, 0.6) is 0 Å². The maximum absolute atomic E-state index is 13.0. The van der Waals surface area contributed by atoms with Crippen LogP contribution in [-0.4, -0.2) is 16.7 Å². The van der Waals surface area contributed by atoms with Crippen molar-refractivity contribution in [1.82, 2.24) is 4.98 Å². The molecule has 1 heterocycles. The number of halogens is 2. The SMILES string of the molecule is CCC(=O)OCc1nc2cc(Cl)c(Cl)cc2[n+]([O-])c1C(=O)c1ccccc1. The van der Waals surface area contributed by atoms with Crippen LogP contribution < -0.4 is 4.73 Å². The van der Waals surface area contributed by atoms with Crippen molar-refractivity contribution >= 4 is 46.0 Å². The largest absolute Gasteiger partial charge is 0.618 e. The summed E-state index contributed by atoms with van der Waals surface area (Å²) in [6.45, 7) is 1.33. The van der Waals surface area contributed by atoms with Gasteiger partial charge in [0.25, 0.3) is 11.5 Å². The number of nitrogens with zero attached hydrogens (tertiary/aromatic N) is 2. The minimum Gasteiger partial charge on any atom is -0.618 e. The highest BCUT2D eigenvalue weighted by Gasteiger charge is 2.28. The second kappa shape index (κ2) is 7.90. The third kappa shape index (κ3) is 3.86. The smallest absolute Gasteiger partial charge is 0.305 e. The number of esters is 1. The normalized spacial score (nSPS) is 10.8. The zero-order chi connectivity index (χ0) is 19.6. The highest BCUT2D eigenvalue weighted by Crippen LogP contribution is 2.26. The first-order valence-corrected chi connectivity index (χ1v) is 8.84. The van der Waals surface area contributed by atoms with E-state index in [-0.39, 0.29) is 45.5 Å². The Kier molecular flexibility index (Phi) is 5.58. The second-order valence-corrected chi connectivity index (χ2v) is 6.48. The lowest BCUT2D eigenvalue weighted by molar-refractivity contribution is -0.580. The Morgan fingerprint density at radius 2 is 1.81 bits per heavy atom. The van der Waals surface area contributed by atoms with Gasteiger partial charge in [-0.1, -0.05) is 60.5 Å². The first kappa shape index (κ1) is 19.1. The first-order chi connectivity index (χ1) is 12.9. The second-order valence-electron chi connectivity index (χ2n) is 5.67. The van der Waals surface area contributed by atoms with E-state index in [1.54, 1.807) is 37.3 Å². The molecule has 0 aliphatic rings. The van der Waals surface area contributed by atoms with Gasteiger partial charge in [0.1, 0.15) is 12.1 Å². The van der Waals surface area contributed by atoms with Gasteiger partial charge in [-0.15, -0.1) is 0 Å². The molecule has 0 amide bonds. The Morgan fingerprint density at radius 1 is 1.15 bits per heavy atom. The van der Waals surface area contributed by atoms with E-state index in [0.29, 0.717) is 10.3 Å². The Balaban J connectivity index is 2.21. The molecule has 0 saturated heterocycles. The maximum Gasteiger partial charge on any atom is 0.305 e. The van der Waals surface area contributed by atoms with Crippen LogP contribution in [-0.2, 0) is 16.1 Å². The van der Waals surface area contributed by atoms with Crippen LogP contribution in [0.25, 0.3) is 11.0 Å². The van der Waals surface area contributed by atoms with Gasteiger partial charge in [-0.25, -0.2) is 4.98 Å². The molecule has 0 fully saturated rings. The summed E-state index contributed by atoms with van der Waals surface area (Å²) in [6.07, 6.45) is 0.161. The molecule has 0 aliphatic heterocycles. The summed E-state index contributed by atoms with van der Waals surface area (Å²) in [4.78, 5) is 28.8. The summed E-state index contributed by atoms with van der Waals surface area (Å²) in [5.41, 5.74) is 0.467. The lowest BCUT2D eigenvalue weighted by Crippen LogP contribution is -2.38. The predicted molar refractivity (Wildman–Crippen MR) is 101 cm³/mol. The minimum atomic E-state index is -0.534. The molecule has 0 saturated carbocycles. The number of carbonyl (C=O) groups excluding carboxylic acids is 2. The van der Waals surface area contributed by atoms with E-state index in [4.69, 9.17) is 27.9 Å². The van der Waals surface area contributed by atoms with Crippen molar-refractivity contribution in [2.75, 3.05) is 0 Å². The van der Waals surface area contributed by atoms with E-state index < -0.39 is 11.8 Å². The number of carbonyl (C=O) groups is 2. The number of rotatable bonds is 5. The summed E-state index contributed by atoms with van der Waals surface area (Å²) >= 11 is 12.0. The average Bonchev–Trinajstić information content (AvgIpc) is 2.68. The molecule has 0 aliphatic carbocycles. The summed E-state index contributed by atoms with van der Waals surface area (Å²) < 4.78 is 5.55. The number of ketones is 1. The highest BCUT2D eigenvalue weighted by molar-refractivity contribution is 6.42. The van der Waals surface area contributed by atoms with Crippen molar-refractivity contribution in [3.8, 4) is 0 Å². The van der Waals surface area contributed by atoms with E-state index in [2.05, 4.69) is 4.98 Å². The van der Waals surface area contributed by atoms with Crippen LogP contribution in [0.1, 0.15) is 35.1 Å². The van der Waals surface area contributed by atoms with Crippen molar-refractivity contribution in [2.45, 2.75) is 20.0 Å². The summed E-state index contributed by atoms with van der Waals surface area (Å²) in [5, 5.41) is 13.3. The van der Waals surface area contributed by atoms with Crippen LogP contribution in [0.15, 0.2) is 42.5 Å². The molecule has 0 unspecified atom stereocenters.